The molecule has 3 rings (SSSR count). The number of carboxylic acids is 1. The van der Waals surface area contributed by atoms with Crippen molar-refractivity contribution in [1.82, 2.24) is 10.6 Å². The number of ether oxygens (including phenoxy) is 1. The molecular formula is C31H36N4O6S. The van der Waals surface area contributed by atoms with E-state index in [9.17, 15) is 24.3 Å². The Hall–Kier alpha value is -4.51. The Morgan fingerprint density at radius 2 is 1.60 bits per heavy atom. The molecule has 0 aliphatic heterocycles. The van der Waals surface area contributed by atoms with Gasteiger partial charge in [-0.25, -0.2) is 4.79 Å². The molecule has 0 aromatic heterocycles. The first kappa shape index (κ1) is 32.0. The summed E-state index contributed by atoms with van der Waals surface area (Å²) in [6.45, 7) is 1.90. The smallest absolute Gasteiger partial charge is 0.323 e. The first-order valence-corrected chi connectivity index (χ1v) is 14.7. The van der Waals surface area contributed by atoms with E-state index in [1.54, 1.807) is 48.5 Å². The molecule has 0 unspecified atom stereocenters. The lowest BCUT2D eigenvalue weighted by Crippen LogP contribution is -2.48. The third-order valence-electron chi connectivity index (χ3n) is 6.45. The zero-order valence-corrected chi connectivity index (χ0v) is 24.6. The fourth-order valence-electron chi connectivity index (χ4n) is 4.17. The molecular weight excluding hydrogens is 556 g/mol. The van der Waals surface area contributed by atoms with Crippen molar-refractivity contribution in [2.24, 2.45) is 0 Å². The largest absolute Gasteiger partial charge is 0.497 e. The second kappa shape index (κ2) is 16.1. The van der Waals surface area contributed by atoms with E-state index < -0.39 is 24.0 Å². The van der Waals surface area contributed by atoms with Crippen LogP contribution in [0.5, 0.6) is 5.75 Å². The molecule has 3 aromatic carbocycles. The van der Waals surface area contributed by atoms with Gasteiger partial charge in [0.25, 0.3) is 0 Å². The minimum atomic E-state index is -1.06. The zero-order valence-electron chi connectivity index (χ0n) is 23.8. The van der Waals surface area contributed by atoms with Gasteiger partial charge in [0.2, 0.25) is 11.8 Å². The Labute approximate surface area is 249 Å². The summed E-state index contributed by atoms with van der Waals surface area (Å²) in [6.07, 6.45) is 1.98. The summed E-state index contributed by atoms with van der Waals surface area (Å²) in [5.74, 6) is -0.646. The van der Waals surface area contributed by atoms with Crippen molar-refractivity contribution in [1.29, 1.82) is 0 Å². The Balaban J connectivity index is 1.60. The number of anilines is 2. The number of methoxy groups -OCH3 is 1. The van der Waals surface area contributed by atoms with Gasteiger partial charge in [-0.15, -0.1) is 0 Å². The number of aryl methyl sites for hydroxylation is 1. The zero-order chi connectivity index (χ0) is 30.5. The predicted octanol–water partition coefficient (Wildman–Crippen LogP) is 4.76. The summed E-state index contributed by atoms with van der Waals surface area (Å²) in [5, 5.41) is 20.6. The number of hydrogen-bond donors (Lipinski definition) is 5. The van der Waals surface area contributed by atoms with Crippen LogP contribution in [0.2, 0.25) is 0 Å². The van der Waals surface area contributed by atoms with Crippen LogP contribution < -0.4 is 26.0 Å². The number of carboxylic acid groups (broad SMARTS) is 1. The number of nitrogens with one attached hydrogen (secondary N) is 4. The first-order chi connectivity index (χ1) is 20.2. The molecule has 0 aliphatic carbocycles. The SMILES string of the molecule is COc1ccc([C@H](CC(=O)O)NC(=O)[C@H](CCSC)NC(=O)Cc2ccc(NC(=O)Nc3ccccc3C)cc2)cc1. The van der Waals surface area contributed by atoms with Gasteiger partial charge >= 0.3 is 12.0 Å². The lowest BCUT2D eigenvalue weighted by atomic mass is 10.0. The molecule has 0 saturated heterocycles. The lowest BCUT2D eigenvalue weighted by Gasteiger charge is -2.23. The standard InChI is InChI=1S/C31H36N4O6S/c1-20-6-4-5-7-25(20)35-31(40)32-23-12-8-21(9-13-23)18-28(36)33-26(16-17-42-3)30(39)34-27(19-29(37)38)22-10-14-24(41-2)15-11-22/h4-15,26-27H,16-19H2,1-3H3,(H,33,36)(H,34,39)(H,37,38)(H2,32,35,40)/t26-,27-/m0/s1. The van der Waals surface area contributed by atoms with E-state index in [1.807, 2.05) is 37.4 Å². The fourth-order valence-corrected chi connectivity index (χ4v) is 4.65. The molecule has 0 heterocycles. The van der Waals surface area contributed by atoms with Gasteiger partial charge in [-0.05, 0) is 72.4 Å². The highest BCUT2D eigenvalue weighted by molar-refractivity contribution is 7.98. The van der Waals surface area contributed by atoms with Crippen LogP contribution in [0.3, 0.4) is 0 Å². The third kappa shape index (κ3) is 10.2. The van der Waals surface area contributed by atoms with Crippen LogP contribution in [0.4, 0.5) is 16.2 Å². The van der Waals surface area contributed by atoms with Gasteiger partial charge in [-0.2, -0.15) is 11.8 Å². The molecule has 0 aliphatic rings. The lowest BCUT2D eigenvalue weighted by molar-refractivity contribution is -0.138. The number of thioether (sulfide) groups is 1. The highest BCUT2D eigenvalue weighted by Crippen LogP contribution is 2.21. The highest BCUT2D eigenvalue weighted by Gasteiger charge is 2.25. The molecule has 0 bridgehead atoms. The average molecular weight is 593 g/mol. The molecule has 2 atom stereocenters. The second-order valence-corrected chi connectivity index (χ2v) is 10.6. The summed E-state index contributed by atoms with van der Waals surface area (Å²) in [6, 6.07) is 19.1. The summed E-state index contributed by atoms with van der Waals surface area (Å²) < 4.78 is 5.16. The van der Waals surface area contributed by atoms with Crippen molar-refractivity contribution >= 4 is 47.0 Å². The molecule has 0 saturated carbocycles. The number of amides is 4. The van der Waals surface area contributed by atoms with Crippen molar-refractivity contribution < 1.29 is 29.0 Å². The Bertz CT molecular complexity index is 1360. The molecule has 42 heavy (non-hydrogen) atoms. The highest BCUT2D eigenvalue weighted by atomic mass is 32.2. The molecule has 3 aromatic rings. The van der Waals surface area contributed by atoms with Crippen LogP contribution in [0.1, 0.15) is 35.6 Å². The van der Waals surface area contributed by atoms with E-state index in [2.05, 4.69) is 21.3 Å². The quantitative estimate of drug-likeness (QED) is 0.181. The monoisotopic (exact) mass is 592 g/mol. The number of hydrogen-bond acceptors (Lipinski definition) is 6. The predicted molar refractivity (Wildman–Crippen MR) is 165 cm³/mol. The molecule has 5 N–H and O–H groups in total. The van der Waals surface area contributed by atoms with Gasteiger partial charge in [0.15, 0.2) is 0 Å². The average Bonchev–Trinajstić information content (AvgIpc) is 2.97. The van der Waals surface area contributed by atoms with E-state index in [-0.39, 0.29) is 24.8 Å². The normalized spacial score (nSPS) is 12.0. The van der Waals surface area contributed by atoms with Gasteiger partial charge in [-0.1, -0.05) is 42.5 Å². The van der Waals surface area contributed by atoms with Crippen molar-refractivity contribution in [3.8, 4) is 5.75 Å². The maximum atomic E-state index is 13.2. The first-order valence-electron chi connectivity index (χ1n) is 13.4. The van der Waals surface area contributed by atoms with Gasteiger partial charge in [0.1, 0.15) is 11.8 Å². The molecule has 0 radical (unpaired) electrons. The Morgan fingerprint density at radius 3 is 2.21 bits per heavy atom. The maximum absolute atomic E-state index is 13.2. The van der Waals surface area contributed by atoms with E-state index in [0.717, 1.165) is 5.56 Å². The number of carbonyl (C=O) groups is 4. The fraction of sp³-hybridized carbons (Fsp3) is 0.290. The van der Waals surface area contributed by atoms with E-state index in [0.29, 0.717) is 40.4 Å². The van der Waals surface area contributed by atoms with Gasteiger partial charge in [0, 0.05) is 11.4 Å². The number of para-hydroxylation sites is 1. The van der Waals surface area contributed by atoms with E-state index in [4.69, 9.17) is 4.74 Å². The van der Waals surface area contributed by atoms with Crippen LogP contribution in [0.15, 0.2) is 72.8 Å². The third-order valence-corrected chi connectivity index (χ3v) is 7.09. The van der Waals surface area contributed by atoms with Crippen molar-refractivity contribution in [2.45, 2.75) is 38.3 Å². The van der Waals surface area contributed by atoms with Crippen LogP contribution in [0.25, 0.3) is 0 Å². The van der Waals surface area contributed by atoms with E-state index >= 15 is 0 Å². The molecule has 222 valence electrons. The van der Waals surface area contributed by atoms with E-state index in [1.165, 1.54) is 18.9 Å². The molecule has 0 fully saturated rings. The molecule has 10 nitrogen and oxygen atoms in total. The summed E-state index contributed by atoms with van der Waals surface area (Å²) >= 11 is 1.54. The Kier molecular flexibility index (Phi) is 12.2. The summed E-state index contributed by atoms with van der Waals surface area (Å²) in [7, 11) is 1.53. The van der Waals surface area contributed by atoms with Gasteiger partial charge in [0.05, 0.1) is 26.0 Å². The molecule has 4 amide bonds. The van der Waals surface area contributed by atoms with Crippen LogP contribution in [-0.4, -0.2) is 54.1 Å². The van der Waals surface area contributed by atoms with Crippen LogP contribution in [-0.2, 0) is 20.8 Å². The van der Waals surface area contributed by atoms with Crippen molar-refractivity contribution in [3.05, 3.63) is 89.5 Å². The minimum absolute atomic E-state index is 0.0236. The number of benzene rings is 3. The second-order valence-electron chi connectivity index (χ2n) is 9.60. The van der Waals surface area contributed by atoms with Gasteiger partial charge in [-0.3, -0.25) is 14.4 Å². The number of carbonyl (C=O) groups excluding carboxylic acids is 3. The number of urea groups is 1. The number of rotatable bonds is 14. The molecule has 0 spiro atoms. The minimum Gasteiger partial charge on any atom is -0.497 e. The topological polar surface area (TPSA) is 146 Å². The van der Waals surface area contributed by atoms with Crippen LogP contribution in [0, 0.1) is 6.92 Å². The molecule has 11 heteroatoms. The van der Waals surface area contributed by atoms with Crippen molar-refractivity contribution in [3.63, 3.8) is 0 Å². The summed E-state index contributed by atoms with van der Waals surface area (Å²) in [5.41, 5.74) is 3.52. The van der Waals surface area contributed by atoms with Crippen LogP contribution >= 0.6 is 11.8 Å². The summed E-state index contributed by atoms with van der Waals surface area (Å²) in [4.78, 5) is 50.0. The Morgan fingerprint density at radius 1 is 0.905 bits per heavy atom. The van der Waals surface area contributed by atoms with Gasteiger partial charge < -0.3 is 31.1 Å². The van der Waals surface area contributed by atoms with Crippen molar-refractivity contribution in [2.75, 3.05) is 29.8 Å². The number of aliphatic carboxylic acids is 1. The maximum Gasteiger partial charge on any atom is 0.323 e.